The monoisotopic (exact) mass is 316 g/mol. The number of nitrogens with zero attached hydrogens (tertiary/aromatic N) is 3. The van der Waals surface area contributed by atoms with Crippen LogP contribution in [0.5, 0.6) is 0 Å². The molecule has 2 rings (SSSR count). The van der Waals surface area contributed by atoms with E-state index in [1.165, 1.54) is 0 Å². The molecule has 0 spiro atoms. The van der Waals surface area contributed by atoms with Gasteiger partial charge in [0.15, 0.2) is 0 Å². The van der Waals surface area contributed by atoms with Gasteiger partial charge in [0.25, 0.3) is 0 Å². The molecule has 6 heteroatoms. The fourth-order valence-electron chi connectivity index (χ4n) is 2.78. The molecule has 2 unspecified atom stereocenters. The molecule has 1 aromatic rings. The first kappa shape index (κ1) is 17.1. The number of hydrogen-bond acceptors (Lipinski definition) is 5. The zero-order chi connectivity index (χ0) is 17.0. The van der Waals surface area contributed by atoms with Gasteiger partial charge in [0.1, 0.15) is 17.4 Å². The van der Waals surface area contributed by atoms with Crippen molar-refractivity contribution in [2.45, 2.75) is 58.2 Å². The van der Waals surface area contributed by atoms with Crippen molar-refractivity contribution in [3.8, 4) is 6.07 Å². The van der Waals surface area contributed by atoms with E-state index in [1.807, 2.05) is 32.9 Å². The lowest BCUT2D eigenvalue weighted by Crippen LogP contribution is -2.49. The highest BCUT2D eigenvalue weighted by Gasteiger charge is 2.28. The number of alkyl carbamates (subject to hydrolysis) is 1. The summed E-state index contributed by atoms with van der Waals surface area (Å²) < 4.78 is 5.31. The third-order valence-electron chi connectivity index (χ3n) is 3.79. The molecule has 0 bridgehead atoms. The van der Waals surface area contributed by atoms with Crippen molar-refractivity contribution >= 4 is 11.8 Å². The van der Waals surface area contributed by atoms with E-state index >= 15 is 0 Å². The Kier molecular flexibility index (Phi) is 5.09. The van der Waals surface area contributed by atoms with Gasteiger partial charge in [-0.2, -0.15) is 5.26 Å². The first-order valence-corrected chi connectivity index (χ1v) is 7.91. The highest BCUT2D eigenvalue weighted by Crippen LogP contribution is 2.24. The third-order valence-corrected chi connectivity index (χ3v) is 3.79. The molecule has 0 aliphatic carbocycles. The zero-order valence-corrected chi connectivity index (χ0v) is 14.2. The summed E-state index contributed by atoms with van der Waals surface area (Å²) in [5.41, 5.74) is 0.944. The van der Waals surface area contributed by atoms with Crippen LogP contribution in [0, 0.1) is 11.3 Å². The lowest BCUT2D eigenvalue weighted by atomic mass is 9.98. The standard InChI is InChI=1S/C17H24N4O2/c1-12-9-13(20-16(22)23-17(2,3)4)7-8-21(12)15-6-5-14(10-18)19-11-15/h5-6,11-13H,7-9H2,1-4H3,(H,20,22). The number of pyridine rings is 1. The lowest BCUT2D eigenvalue weighted by molar-refractivity contribution is 0.0494. The van der Waals surface area contributed by atoms with Crippen molar-refractivity contribution < 1.29 is 9.53 Å². The zero-order valence-electron chi connectivity index (χ0n) is 14.2. The number of ether oxygens (including phenoxy) is 1. The van der Waals surface area contributed by atoms with Gasteiger partial charge in [0.05, 0.1) is 11.9 Å². The smallest absolute Gasteiger partial charge is 0.407 e. The minimum Gasteiger partial charge on any atom is -0.444 e. The van der Waals surface area contributed by atoms with Crippen molar-refractivity contribution in [3.63, 3.8) is 0 Å². The Morgan fingerprint density at radius 3 is 2.74 bits per heavy atom. The van der Waals surface area contributed by atoms with Gasteiger partial charge in [-0.1, -0.05) is 0 Å². The molecule has 1 N–H and O–H groups in total. The van der Waals surface area contributed by atoms with Gasteiger partial charge in [0, 0.05) is 18.6 Å². The summed E-state index contributed by atoms with van der Waals surface area (Å²) in [7, 11) is 0. The summed E-state index contributed by atoms with van der Waals surface area (Å²) >= 11 is 0. The molecule has 0 aromatic carbocycles. The average molecular weight is 316 g/mol. The number of nitrogens with one attached hydrogen (secondary N) is 1. The molecule has 1 aliphatic heterocycles. The highest BCUT2D eigenvalue weighted by molar-refractivity contribution is 5.68. The predicted molar refractivity (Wildman–Crippen MR) is 88.2 cm³/mol. The largest absolute Gasteiger partial charge is 0.444 e. The maximum Gasteiger partial charge on any atom is 0.407 e. The molecule has 6 nitrogen and oxygen atoms in total. The number of amides is 1. The van der Waals surface area contributed by atoms with E-state index < -0.39 is 5.60 Å². The van der Waals surface area contributed by atoms with Crippen LogP contribution >= 0.6 is 0 Å². The third kappa shape index (κ3) is 4.85. The van der Waals surface area contributed by atoms with Gasteiger partial charge in [-0.3, -0.25) is 0 Å². The second-order valence-corrected chi connectivity index (χ2v) is 6.92. The van der Waals surface area contributed by atoms with E-state index in [1.54, 1.807) is 12.3 Å². The maximum absolute atomic E-state index is 11.9. The van der Waals surface area contributed by atoms with E-state index in [4.69, 9.17) is 10.00 Å². The molecule has 1 amide bonds. The molecule has 1 fully saturated rings. The normalized spacial score (nSPS) is 21.4. The summed E-state index contributed by atoms with van der Waals surface area (Å²) in [6, 6.07) is 6.06. The van der Waals surface area contributed by atoms with Gasteiger partial charge >= 0.3 is 6.09 Å². The molecule has 23 heavy (non-hydrogen) atoms. The molecular formula is C17H24N4O2. The topological polar surface area (TPSA) is 78.2 Å². The van der Waals surface area contributed by atoms with E-state index in [9.17, 15) is 4.79 Å². The molecule has 1 aliphatic rings. The molecule has 1 saturated heterocycles. The Bertz CT molecular complexity index is 586. The highest BCUT2D eigenvalue weighted by atomic mass is 16.6. The van der Waals surface area contributed by atoms with Crippen LogP contribution in [0.4, 0.5) is 10.5 Å². The van der Waals surface area contributed by atoms with Crippen LogP contribution in [0.15, 0.2) is 18.3 Å². The molecule has 1 aromatic heterocycles. The molecule has 0 radical (unpaired) electrons. The Labute approximate surface area is 137 Å². The van der Waals surface area contributed by atoms with E-state index in [-0.39, 0.29) is 18.2 Å². The Morgan fingerprint density at radius 2 is 2.22 bits per heavy atom. The number of nitriles is 1. The summed E-state index contributed by atoms with van der Waals surface area (Å²) in [6.07, 6.45) is 3.07. The Morgan fingerprint density at radius 1 is 1.48 bits per heavy atom. The SMILES string of the molecule is CC1CC(NC(=O)OC(C)(C)C)CCN1c1ccc(C#N)nc1. The van der Waals surface area contributed by atoms with Crippen LogP contribution in [-0.4, -0.2) is 35.3 Å². The van der Waals surface area contributed by atoms with Gasteiger partial charge in [-0.15, -0.1) is 0 Å². The van der Waals surface area contributed by atoms with Gasteiger partial charge in [0.2, 0.25) is 0 Å². The fourth-order valence-corrected chi connectivity index (χ4v) is 2.78. The van der Waals surface area contributed by atoms with Crippen molar-refractivity contribution in [3.05, 3.63) is 24.0 Å². The number of aromatic nitrogens is 1. The Balaban J connectivity index is 1.92. The van der Waals surface area contributed by atoms with E-state index in [0.717, 1.165) is 25.1 Å². The first-order chi connectivity index (χ1) is 10.8. The van der Waals surface area contributed by atoms with Crippen LogP contribution < -0.4 is 10.2 Å². The molecule has 2 heterocycles. The average Bonchev–Trinajstić information content (AvgIpc) is 2.45. The molecule has 0 saturated carbocycles. The second kappa shape index (κ2) is 6.86. The minimum absolute atomic E-state index is 0.113. The van der Waals surface area contributed by atoms with Crippen LogP contribution in [0.25, 0.3) is 0 Å². The number of carbonyl (C=O) groups is 1. The number of anilines is 1. The molecule has 124 valence electrons. The van der Waals surface area contributed by atoms with E-state index in [0.29, 0.717) is 5.69 Å². The van der Waals surface area contributed by atoms with Crippen LogP contribution in [0.3, 0.4) is 0 Å². The minimum atomic E-state index is -0.482. The van der Waals surface area contributed by atoms with Crippen molar-refractivity contribution in [1.82, 2.24) is 10.3 Å². The number of piperidine rings is 1. The van der Waals surface area contributed by atoms with Gasteiger partial charge in [-0.25, -0.2) is 9.78 Å². The first-order valence-electron chi connectivity index (χ1n) is 7.91. The predicted octanol–water partition coefficient (Wildman–Crippen LogP) is 2.84. The summed E-state index contributed by atoms with van der Waals surface area (Å²) in [5, 5.41) is 11.8. The summed E-state index contributed by atoms with van der Waals surface area (Å²) in [4.78, 5) is 18.2. The van der Waals surface area contributed by atoms with Crippen LogP contribution in [-0.2, 0) is 4.74 Å². The van der Waals surface area contributed by atoms with Gasteiger partial charge < -0.3 is 15.0 Å². The molecular weight excluding hydrogens is 292 g/mol. The Hall–Kier alpha value is -2.29. The summed E-state index contributed by atoms with van der Waals surface area (Å²) in [5.74, 6) is 0. The molecule has 2 atom stereocenters. The lowest BCUT2D eigenvalue weighted by Gasteiger charge is -2.39. The maximum atomic E-state index is 11.9. The van der Waals surface area contributed by atoms with Crippen molar-refractivity contribution in [2.24, 2.45) is 0 Å². The van der Waals surface area contributed by atoms with E-state index in [2.05, 4.69) is 22.1 Å². The van der Waals surface area contributed by atoms with Crippen molar-refractivity contribution in [1.29, 1.82) is 5.26 Å². The van der Waals surface area contributed by atoms with Crippen molar-refractivity contribution in [2.75, 3.05) is 11.4 Å². The fraction of sp³-hybridized carbons (Fsp3) is 0.588. The number of rotatable bonds is 2. The quantitative estimate of drug-likeness (QED) is 0.907. The summed E-state index contributed by atoms with van der Waals surface area (Å²) in [6.45, 7) is 8.53. The van der Waals surface area contributed by atoms with Gasteiger partial charge in [-0.05, 0) is 52.7 Å². The second-order valence-electron chi connectivity index (χ2n) is 6.92. The number of hydrogen-bond donors (Lipinski definition) is 1. The number of carbonyl (C=O) groups excluding carboxylic acids is 1. The van der Waals surface area contributed by atoms with Crippen LogP contribution in [0.1, 0.15) is 46.2 Å². The van der Waals surface area contributed by atoms with Crippen LogP contribution in [0.2, 0.25) is 0 Å².